The number of rotatable bonds is 8. The number of carbonyl (C=O) groups excluding carboxylic acids is 3. The summed E-state index contributed by atoms with van der Waals surface area (Å²) in [6.45, 7) is 8.00. The van der Waals surface area contributed by atoms with E-state index in [1.807, 2.05) is 45.9 Å². The summed E-state index contributed by atoms with van der Waals surface area (Å²) in [6, 6.07) is 4.40. The van der Waals surface area contributed by atoms with Crippen molar-refractivity contribution in [3.8, 4) is 0 Å². The standard InChI is InChI=1S/C25H35N3O5/c1-5-11-26-22(30)19-18-9-10-25(33-18)20(19)24(32)28(16(6-2)13-29)21(25)23(31)27-17-12-14(3)7-8-15(17)4/h7-8,12,16,18-21,29H,5-6,9-11,13H2,1-4H3,(H,26,30)(H,27,31)/t16-,18+,19-,20-,21?,25?/m0/s1. The second-order valence-electron chi connectivity index (χ2n) is 9.64. The number of nitrogens with one attached hydrogen (secondary N) is 2. The predicted octanol–water partition coefficient (Wildman–Crippen LogP) is 1.91. The van der Waals surface area contributed by atoms with Crippen molar-refractivity contribution in [3.63, 3.8) is 0 Å². The minimum Gasteiger partial charge on any atom is -0.394 e. The predicted molar refractivity (Wildman–Crippen MR) is 123 cm³/mol. The third kappa shape index (κ3) is 3.73. The third-order valence-electron chi connectivity index (χ3n) is 7.56. The number of aliphatic hydroxyl groups is 1. The van der Waals surface area contributed by atoms with Crippen LogP contribution in [-0.4, -0.2) is 64.7 Å². The van der Waals surface area contributed by atoms with Gasteiger partial charge in [0.2, 0.25) is 17.7 Å². The maximum absolute atomic E-state index is 13.8. The zero-order valence-corrected chi connectivity index (χ0v) is 19.9. The molecule has 6 atom stereocenters. The molecule has 1 aromatic carbocycles. The van der Waals surface area contributed by atoms with Crippen LogP contribution >= 0.6 is 0 Å². The number of amides is 3. The molecule has 3 fully saturated rings. The van der Waals surface area contributed by atoms with Crippen molar-refractivity contribution in [3.05, 3.63) is 29.3 Å². The summed E-state index contributed by atoms with van der Waals surface area (Å²) in [6.07, 6.45) is 2.08. The van der Waals surface area contributed by atoms with Gasteiger partial charge in [0.15, 0.2) is 0 Å². The van der Waals surface area contributed by atoms with Crippen LogP contribution in [0.2, 0.25) is 0 Å². The van der Waals surface area contributed by atoms with Gasteiger partial charge in [-0.1, -0.05) is 26.0 Å². The van der Waals surface area contributed by atoms with Crippen molar-refractivity contribution in [1.29, 1.82) is 0 Å². The SMILES string of the molecule is CCCNC(=O)[C@@H]1[C@H]2C(=O)N([C@@H](CC)CO)C(C(=O)Nc3cc(C)ccc3C)C23CC[C@H]1O3. The topological polar surface area (TPSA) is 108 Å². The normalized spacial score (nSPS) is 30.9. The summed E-state index contributed by atoms with van der Waals surface area (Å²) >= 11 is 0. The molecule has 2 unspecified atom stereocenters. The zero-order valence-electron chi connectivity index (χ0n) is 19.9. The van der Waals surface area contributed by atoms with Gasteiger partial charge < -0.3 is 25.4 Å². The molecular weight excluding hydrogens is 422 g/mol. The van der Waals surface area contributed by atoms with Crippen molar-refractivity contribution in [2.24, 2.45) is 11.8 Å². The molecule has 3 amide bonds. The Morgan fingerprint density at radius 2 is 2.03 bits per heavy atom. The number of aryl methyl sites for hydroxylation is 2. The average Bonchev–Trinajstić information content (AvgIpc) is 3.43. The number of ether oxygens (including phenoxy) is 1. The highest BCUT2D eigenvalue weighted by Crippen LogP contribution is 2.59. The summed E-state index contributed by atoms with van der Waals surface area (Å²) in [5.41, 5.74) is 1.56. The lowest BCUT2D eigenvalue weighted by Gasteiger charge is -2.36. The molecule has 8 heteroatoms. The van der Waals surface area contributed by atoms with Gasteiger partial charge in [-0.25, -0.2) is 0 Å². The van der Waals surface area contributed by atoms with Crippen LogP contribution in [0.15, 0.2) is 18.2 Å². The maximum atomic E-state index is 13.8. The fourth-order valence-electron chi connectivity index (χ4n) is 5.94. The summed E-state index contributed by atoms with van der Waals surface area (Å²) in [5.74, 6) is -2.12. The Hall–Kier alpha value is -2.45. The highest BCUT2D eigenvalue weighted by Gasteiger charge is 2.74. The van der Waals surface area contributed by atoms with Crippen LogP contribution in [0.25, 0.3) is 0 Å². The molecule has 3 heterocycles. The monoisotopic (exact) mass is 457 g/mol. The molecule has 33 heavy (non-hydrogen) atoms. The number of aliphatic hydroxyl groups excluding tert-OH is 1. The lowest BCUT2D eigenvalue weighted by Crippen LogP contribution is -2.56. The third-order valence-corrected chi connectivity index (χ3v) is 7.56. The quantitative estimate of drug-likeness (QED) is 0.553. The molecule has 3 saturated heterocycles. The second-order valence-corrected chi connectivity index (χ2v) is 9.64. The van der Waals surface area contributed by atoms with Gasteiger partial charge in [-0.3, -0.25) is 14.4 Å². The Kier molecular flexibility index (Phi) is 6.51. The lowest BCUT2D eigenvalue weighted by atomic mass is 9.70. The number of benzene rings is 1. The van der Waals surface area contributed by atoms with Gasteiger partial charge in [-0.15, -0.1) is 0 Å². The van der Waals surface area contributed by atoms with Gasteiger partial charge in [-0.05, 0) is 56.7 Å². The van der Waals surface area contributed by atoms with E-state index in [0.717, 1.165) is 17.5 Å². The smallest absolute Gasteiger partial charge is 0.250 e. The number of hydrogen-bond donors (Lipinski definition) is 3. The van der Waals surface area contributed by atoms with Gasteiger partial charge >= 0.3 is 0 Å². The molecule has 3 N–H and O–H groups in total. The van der Waals surface area contributed by atoms with E-state index in [2.05, 4.69) is 10.6 Å². The summed E-state index contributed by atoms with van der Waals surface area (Å²) in [4.78, 5) is 42.1. The molecule has 0 aromatic heterocycles. The Labute approximate surface area is 195 Å². The minimum absolute atomic E-state index is 0.186. The van der Waals surface area contributed by atoms with Gasteiger partial charge in [0.25, 0.3) is 0 Å². The second kappa shape index (κ2) is 9.06. The maximum Gasteiger partial charge on any atom is 0.250 e. The molecule has 8 nitrogen and oxygen atoms in total. The van der Waals surface area contributed by atoms with Crippen LogP contribution in [-0.2, 0) is 19.1 Å². The molecule has 1 spiro atoms. The number of anilines is 1. The van der Waals surface area contributed by atoms with E-state index in [1.54, 1.807) is 0 Å². The van der Waals surface area contributed by atoms with Crippen molar-refractivity contribution in [1.82, 2.24) is 10.2 Å². The molecular formula is C25H35N3O5. The highest BCUT2D eigenvalue weighted by molar-refractivity contribution is 6.04. The Morgan fingerprint density at radius 1 is 1.27 bits per heavy atom. The van der Waals surface area contributed by atoms with E-state index in [9.17, 15) is 19.5 Å². The lowest BCUT2D eigenvalue weighted by molar-refractivity contribution is -0.144. The summed E-state index contributed by atoms with van der Waals surface area (Å²) < 4.78 is 6.40. The van der Waals surface area contributed by atoms with E-state index in [1.165, 1.54) is 4.90 Å². The Balaban J connectivity index is 1.72. The minimum atomic E-state index is -1.06. The number of carbonyl (C=O) groups is 3. The zero-order chi connectivity index (χ0) is 23.9. The Bertz CT molecular complexity index is 946. The van der Waals surface area contributed by atoms with Crippen molar-refractivity contribution >= 4 is 23.4 Å². The van der Waals surface area contributed by atoms with E-state index < -0.39 is 29.5 Å². The van der Waals surface area contributed by atoms with Crippen LogP contribution in [0.5, 0.6) is 0 Å². The van der Waals surface area contributed by atoms with Crippen LogP contribution in [0.1, 0.15) is 50.7 Å². The average molecular weight is 458 g/mol. The summed E-state index contributed by atoms with van der Waals surface area (Å²) in [7, 11) is 0. The first-order chi connectivity index (χ1) is 15.8. The molecule has 0 radical (unpaired) electrons. The van der Waals surface area contributed by atoms with Gasteiger partial charge in [0.05, 0.1) is 30.6 Å². The molecule has 0 aliphatic carbocycles. The number of nitrogens with zero attached hydrogens (tertiary/aromatic N) is 1. The van der Waals surface area contributed by atoms with Crippen LogP contribution in [0, 0.1) is 25.7 Å². The first kappa shape index (κ1) is 23.7. The molecule has 3 aliphatic rings. The highest BCUT2D eigenvalue weighted by atomic mass is 16.5. The first-order valence-corrected chi connectivity index (χ1v) is 12.1. The fraction of sp³-hybridized carbons (Fsp3) is 0.640. The molecule has 3 aliphatic heterocycles. The summed E-state index contributed by atoms with van der Waals surface area (Å²) in [5, 5.41) is 16.0. The van der Waals surface area contributed by atoms with Crippen molar-refractivity contribution in [2.75, 3.05) is 18.5 Å². The number of fused-ring (bicyclic) bond motifs is 1. The van der Waals surface area contributed by atoms with Crippen LogP contribution < -0.4 is 10.6 Å². The van der Waals surface area contributed by atoms with Crippen molar-refractivity contribution < 1.29 is 24.2 Å². The molecule has 2 bridgehead atoms. The van der Waals surface area contributed by atoms with Crippen molar-refractivity contribution in [2.45, 2.75) is 77.2 Å². The van der Waals surface area contributed by atoms with E-state index >= 15 is 0 Å². The van der Waals surface area contributed by atoms with Gasteiger partial charge in [-0.2, -0.15) is 0 Å². The molecule has 180 valence electrons. The largest absolute Gasteiger partial charge is 0.394 e. The first-order valence-electron chi connectivity index (χ1n) is 12.1. The van der Waals surface area contributed by atoms with E-state index in [0.29, 0.717) is 31.5 Å². The Morgan fingerprint density at radius 3 is 2.70 bits per heavy atom. The van der Waals surface area contributed by atoms with E-state index in [4.69, 9.17) is 4.74 Å². The molecule has 0 saturated carbocycles. The van der Waals surface area contributed by atoms with E-state index in [-0.39, 0.29) is 30.4 Å². The van der Waals surface area contributed by atoms with Crippen LogP contribution in [0.4, 0.5) is 5.69 Å². The van der Waals surface area contributed by atoms with Crippen LogP contribution in [0.3, 0.4) is 0 Å². The van der Waals surface area contributed by atoms with Gasteiger partial charge in [0, 0.05) is 12.2 Å². The number of likely N-dealkylation sites (tertiary alicyclic amines) is 1. The molecule has 1 aromatic rings. The fourth-order valence-corrected chi connectivity index (χ4v) is 5.94. The number of hydrogen-bond acceptors (Lipinski definition) is 5. The van der Waals surface area contributed by atoms with Gasteiger partial charge in [0.1, 0.15) is 11.6 Å². The molecule has 4 rings (SSSR count).